The van der Waals surface area contributed by atoms with Crippen LogP contribution in [-0.4, -0.2) is 62.0 Å². The van der Waals surface area contributed by atoms with Crippen molar-refractivity contribution in [1.29, 1.82) is 0 Å². The molecule has 0 spiro atoms. The van der Waals surface area contributed by atoms with Crippen molar-refractivity contribution in [1.82, 2.24) is 20.9 Å². The summed E-state index contributed by atoms with van der Waals surface area (Å²) in [6.07, 6.45) is -5.50. The van der Waals surface area contributed by atoms with Crippen LogP contribution >= 0.6 is 11.6 Å². The van der Waals surface area contributed by atoms with Crippen molar-refractivity contribution in [2.45, 2.75) is 19.3 Å². The molecule has 0 aliphatic carbocycles. The van der Waals surface area contributed by atoms with Crippen LogP contribution < -0.4 is 25.4 Å². The fraction of sp³-hybridized carbons (Fsp3) is 0.348. The molecule has 0 radical (unpaired) electrons. The molecule has 4 N–H and O–H groups in total. The number of hydrogen-bond donors (Lipinski definition) is 4. The molecule has 196 valence electrons. The van der Waals surface area contributed by atoms with Gasteiger partial charge in [-0.3, -0.25) is 4.79 Å². The van der Waals surface area contributed by atoms with Crippen molar-refractivity contribution in [2.75, 3.05) is 33.4 Å². The second-order valence-electron chi connectivity index (χ2n) is 7.44. The lowest BCUT2D eigenvalue weighted by molar-refractivity contribution is -0.274. The molecule has 1 atom stereocenters. The van der Waals surface area contributed by atoms with Crippen molar-refractivity contribution in [3.8, 4) is 11.5 Å². The number of aliphatic hydroxyl groups is 1. The first-order valence-corrected chi connectivity index (χ1v) is 11.3. The summed E-state index contributed by atoms with van der Waals surface area (Å²) in [4.78, 5) is 14.5. The lowest BCUT2D eigenvalue weighted by Gasteiger charge is -2.28. The van der Waals surface area contributed by atoms with Crippen molar-refractivity contribution >= 4 is 17.5 Å². The molecule has 36 heavy (non-hydrogen) atoms. The normalized spacial score (nSPS) is 15.5. The van der Waals surface area contributed by atoms with Crippen LogP contribution in [0, 0.1) is 0 Å². The lowest BCUT2D eigenvalue weighted by Crippen LogP contribution is -2.43. The number of nitrogens with one attached hydrogen (secondary N) is 3. The van der Waals surface area contributed by atoms with E-state index in [4.69, 9.17) is 26.2 Å². The molecule has 13 heteroatoms. The van der Waals surface area contributed by atoms with E-state index in [1.807, 2.05) is 12.1 Å². The van der Waals surface area contributed by atoms with E-state index in [2.05, 4.69) is 20.7 Å². The second-order valence-corrected chi connectivity index (χ2v) is 7.88. The molecule has 1 heterocycles. The van der Waals surface area contributed by atoms with Crippen molar-refractivity contribution in [3.63, 3.8) is 0 Å². The zero-order valence-corrected chi connectivity index (χ0v) is 20.0. The Hall–Kier alpha value is -3.35. The molecule has 1 aliphatic rings. The van der Waals surface area contributed by atoms with E-state index in [9.17, 15) is 18.0 Å². The summed E-state index contributed by atoms with van der Waals surface area (Å²) >= 11 is 5.98. The molecule has 0 fully saturated rings. The number of alkyl halides is 3. The van der Waals surface area contributed by atoms with Crippen molar-refractivity contribution in [3.05, 3.63) is 70.6 Å². The summed E-state index contributed by atoms with van der Waals surface area (Å²) in [6.45, 7) is 0.369. The molecule has 0 saturated heterocycles. The second kappa shape index (κ2) is 12.6. The highest BCUT2D eigenvalue weighted by Crippen LogP contribution is 2.26. The molecule has 1 unspecified atom stereocenters. The molecule has 3 rings (SSSR count). The van der Waals surface area contributed by atoms with Crippen LogP contribution in [0.4, 0.5) is 13.2 Å². The van der Waals surface area contributed by atoms with Gasteiger partial charge in [0, 0.05) is 25.2 Å². The minimum Gasteiger partial charge on any atom is -0.491 e. The maximum absolute atomic E-state index is 12.8. The van der Waals surface area contributed by atoms with Crippen LogP contribution in [0.1, 0.15) is 5.56 Å². The van der Waals surface area contributed by atoms with Gasteiger partial charge in [-0.15, -0.1) is 13.2 Å². The van der Waals surface area contributed by atoms with E-state index < -0.39 is 18.6 Å². The van der Waals surface area contributed by atoms with Crippen LogP contribution in [0.3, 0.4) is 0 Å². The van der Waals surface area contributed by atoms with E-state index in [1.54, 1.807) is 24.1 Å². The molecule has 9 nitrogen and oxygen atoms in total. The Morgan fingerprint density at radius 1 is 1.11 bits per heavy atom. The summed E-state index contributed by atoms with van der Waals surface area (Å²) in [6, 6.07) is 12.1. The quantitative estimate of drug-likeness (QED) is 0.310. The summed E-state index contributed by atoms with van der Waals surface area (Å²) in [7, 11) is 1.65. The van der Waals surface area contributed by atoms with Crippen molar-refractivity contribution in [2.24, 2.45) is 0 Å². The zero-order valence-electron chi connectivity index (χ0n) is 19.3. The Bertz CT molecular complexity index is 1040. The number of benzene rings is 2. The number of amides is 1. The Labute approximate surface area is 210 Å². The van der Waals surface area contributed by atoms with Gasteiger partial charge in [0.15, 0.2) is 0 Å². The van der Waals surface area contributed by atoms with Gasteiger partial charge in [0.2, 0.25) is 6.35 Å². The summed E-state index contributed by atoms with van der Waals surface area (Å²) < 4.78 is 52.2. The van der Waals surface area contributed by atoms with Gasteiger partial charge in [-0.1, -0.05) is 23.7 Å². The highest BCUT2D eigenvalue weighted by molar-refractivity contribution is 6.30. The highest BCUT2D eigenvalue weighted by atomic mass is 35.5. The van der Waals surface area contributed by atoms with Gasteiger partial charge in [-0.25, -0.2) is 0 Å². The zero-order chi connectivity index (χ0) is 26.1. The molecule has 0 saturated carbocycles. The molecule has 1 amide bonds. The van der Waals surface area contributed by atoms with E-state index in [0.717, 1.165) is 17.7 Å². The van der Waals surface area contributed by atoms with Crippen LogP contribution in [0.5, 0.6) is 11.5 Å². The van der Waals surface area contributed by atoms with Crippen molar-refractivity contribution < 1.29 is 37.3 Å². The number of carbonyl (C=O) groups excluding carboxylic acids is 1. The van der Waals surface area contributed by atoms with E-state index >= 15 is 0 Å². The maximum Gasteiger partial charge on any atom is 0.573 e. The number of halogens is 4. The third kappa shape index (κ3) is 7.83. The number of aliphatic hydroxyl groups excluding tert-OH is 1. The number of hydrogen-bond acceptors (Lipinski definition) is 8. The first kappa shape index (κ1) is 27.2. The minimum absolute atomic E-state index is 0.0836. The molecular formula is C23H26ClF3N4O5. The lowest BCUT2D eigenvalue weighted by atomic mass is 10.2. The average molecular weight is 531 g/mol. The standard InChI is InChI=1S/C23H26ClF3N4O5/c1-28-20-19(21(33)29-10-11-32)31(14-15-2-4-16(24)5-3-15)22(30-20)35-13-12-34-17-6-8-18(9-7-17)36-23(25,26)27/h2-9,22,28,30,32H,10-14H2,1H3,(H,29,33). The van der Waals surface area contributed by atoms with Gasteiger partial charge in [-0.2, -0.15) is 0 Å². The molecule has 0 aromatic heterocycles. The number of nitrogens with zero attached hydrogens (tertiary/aromatic N) is 1. The minimum atomic E-state index is -4.77. The van der Waals surface area contributed by atoms with Gasteiger partial charge >= 0.3 is 6.36 Å². The van der Waals surface area contributed by atoms with Gasteiger partial charge in [-0.05, 0) is 42.0 Å². The molecule has 2 aromatic carbocycles. The van der Waals surface area contributed by atoms with E-state index in [0.29, 0.717) is 28.8 Å². The number of ether oxygens (including phenoxy) is 3. The number of rotatable bonds is 12. The van der Waals surface area contributed by atoms with Crippen LogP contribution in [0.25, 0.3) is 0 Å². The average Bonchev–Trinajstić information content (AvgIpc) is 3.19. The van der Waals surface area contributed by atoms with E-state index in [1.165, 1.54) is 12.1 Å². The summed E-state index contributed by atoms with van der Waals surface area (Å²) in [5, 5.41) is 18.3. The topological polar surface area (TPSA) is 104 Å². The Balaban J connectivity index is 1.63. The smallest absolute Gasteiger partial charge is 0.491 e. The first-order chi connectivity index (χ1) is 17.2. The van der Waals surface area contributed by atoms with Crippen LogP contribution in [0.15, 0.2) is 60.0 Å². The first-order valence-electron chi connectivity index (χ1n) is 10.9. The Morgan fingerprint density at radius 3 is 2.39 bits per heavy atom. The van der Waals surface area contributed by atoms with Gasteiger partial charge in [0.05, 0.1) is 13.2 Å². The molecule has 0 bridgehead atoms. The molecule has 1 aliphatic heterocycles. The monoisotopic (exact) mass is 530 g/mol. The van der Waals surface area contributed by atoms with Crippen LogP contribution in [0.2, 0.25) is 5.02 Å². The predicted molar refractivity (Wildman–Crippen MR) is 125 cm³/mol. The highest BCUT2D eigenvalue weighted by Gasteiger charge is 2.36. The number of carbonyl (C=O) groups is 1. The fourth-order valence-corrected chi connectivity index (χ4v) is 3.48. The van der Waals surface area contributed by atoms with Gasteiger partial charge < -0.3 is 40.2 Å². The van der Waals surface area contributed by atoms with E-state index in [-0.39, 0.29) is 32.1 Å². The third-order valence-corrected chi connectivity index (χ3v) is 5.14. The third-order valence-electron chi connectivity index (χ3n) is 4.89. The summed E-state index contributed by atoms with van der Waals surface area (Å²) in [5.74, 6) is 0.0179. The van der Waals surface area contributed by atoms with Crippen LogP contribution in [-0.2, 0) is 16.1 Å². The van der Waals surface area contributed by atoms with Gasteiger partial charge in [0.25, 0.3) is 5.91 Å². The SMILES string of the molecule is CNC1=C(C(=O)NCCO)N(Cc2ccc(Cl)cc2)C(OCCOc2ccc(OC(F)(F)F)cc2)N1. The van der Waals surface area contributed by atoms with Gasteiger partial charge in [0.1, 0.15) is 29.6 Å². The molecular weight excluding hydrogens is 505 g/mol. The fourth-order valence-electron chi connectivity index (χ4n) is 3.36. The Kier molecular flexibility index (Phi) is 9.51. The Morgan fingerprint density at radius 2 is 1.78 bits per heavy atom. The molecule has 2 aromatic rings. The predicted octanol–water partition coefficient (Wildman–Crippen LogP) is 2.52. The maximum atomic E-state index is 12.8. The largest absolute Gasteiger partial charge is 0.573 e. The summed E-state index contributed by atoms with van der Waals surface area (Å²) in [5.41, 5.74) is 1.17.